The van der Waals surface area contributed by atoms with Crippen LogP contribution in [-0.4, -0.2) is 21.2 Å². The highest BCUT2D eigenvalue weighted by Gasteiger charge is 2.31. The van der Waals surface area contributed by atoms with E-state index < -0.39 is 29.0 Å². The van der Waals surface area contributed by atoms with Crippen LogP contribution in [0.25, 0.3) is 5.69 Å². The molecule has 1 aromatic heterocycles. The van der Waals surface area contributed by atoms with Gasteiger partial charge in [-0.3, -0.25) is 9.78 Å². The van der Waals surface area contributed by atoms with Crippen LogP contribution < -0.4 is 16.6 Å². The van der Waals surface area contributed by atoms with Crippen molar-refractivity contribution in [1.82, 2.24) is 9.55 Å². The van der Waals surface area contributed by atoms with Gasteiger partial charge < -0.3 is 10.4 Å². The summed E-state index contributed by atoms with van der Waals surface area (Å²) < 4.78 is 14.5. The van der Waals surface area contributed by atoms with Crippen molar-refractivity contribution in [1.29, 1.82) is 0 Å². The van der Waals surface area contributed by atoms with E-state index in [-0.39, 0.29) is 11.3 Å². The van der Waals surface area contributed by atoms with Gasteiger partial charge in [0.1, 0.15) is 17.4 Å². The minimum atomic E-state index is -0.814. The second kappa shape index (κ2) is 6.27. The van der Waals surface area contributed by atoms with Crippen molar-refractivity contribution in [2.75, 3.05) is 6.54 Å². The zero-order valence-corrected chi connectivity index (χ0v) is 13.8. The summed E-state index contributed by atoms with van der Waals surface area (Å²) in [5.41, 5.74) is 0.797. The van der Waals surface area contributed by atoms with Crippen LogP contribution in [0.3, 0.4) is 0 Å². The fraction of sp³-hybridized carbons (Fsp3) is 0.158. The standard InChI is InChI=1S/C19H16FN3O3/c20-12-5-3-6-13(10-12)23-18(25)15(17(24)22-19(23)26)16-14-7-2-1-4-11(14)8-9-21-16/h1-7,10,16,21,25H,8-9H2,(H,22,24,26)/p+1/t16-/m1/s1. The zero-order valence-electron chi connectivity index (χ0n) is 13.8. The molecule has 0 saturated carbocycles. The first-order chi connectivity index (χ1) is 12.6. The lowest BCUT2D eigenvalue weighted by Gasteiger charge is -2.24. The van der Waals surface area contributed by atoms with Crippen molar-refractivity contribution in [2.45, 2.75) is 12.5 Å². The van der Waals surface area contributed by atoms with Crippen LogP contribution in [0.2, 0.25) is 0 Å². The molecule has 1 aliphatic rings. The predicted molar refractivity (Wildman–Crippen MR) is 93.1 cm³/mol. The molecule has 4 rings (SSSR count). The number of aromatic amines is 1. The topological polar surface area (TPSA) is 91.7 Å². The maximum absolute atomic E-state index is 13.6. The Hall–Kier alpha value is -3.19. The Kier molecular flexibility index (Phi) is 3.93. The number of hydrogen-bond acceptors (Lipinski definition) is 3. The summed E-state index contributed by atoms with van der Waals surface area (Å²) in [6.45, 7) is 0.750. The third-order valence-electron chi connectivity index (χ3n) is 4.70. The molecular weight excluding hydrogens is 337 g/mol. The maximum atomic E-state index is 13.6. The molecule has 6 nitrogen and oxygen atoms in total. The average molecular weight is 354 g/mol. The summed E-state index contributed by atoms with van der Waals surface area (Å²) in [6, 6.07) is 12.6. The van der Waals surface area contributed by atoms with E-state index in [1.54, 1.807) is 0 Å². The minimum Gasteiger partial charge on any atom is -0.494 e. The number of aromatic hydroxyl groups is 1. The lowest BCUT2D eigenvalue weighted by molar-refractivity contribution is -0.690. The van der Waals surface area contributed by atoms with E-state index in [1.807, 2.05) is 29.6 Å². The molecule has 0 amide bonds. The number of benzene rings is 2. The van der Waals surface area contributed by atoms with Crippen LogP contribution in [0.15, 0.2) is 58.1 Å². The summed E-state index contributed by atoms with van der Waals surface area (Å²) in [5, 5.41) is 12.7. The molecule has 2 aromatic carbocycles. The molecule has 0 saturated heterocycles. The smallest absolute Gasteiger partial charge is 0.335 e. The van der Waals surface area contributed by atoms with Gasteiger partial charge in [0.15, 0.2) is 0 Å². The fourth-order valence-electron chi connectivity index (χ4n) is 3.54. The third-order valence-corrected chi connectivity index (χ3v) is 4.70. The summed E-state index contributed by atoms with van der Waals surface area (Å²) in [7, 11) is 0. The van der Waals surface area contributed by atoms with E-state index in [9.17, 15) is 19.1 Å². The summed E-state index contributed by atoms with van der Waals surface area (Å²) in [5.74, 6) is -1.02. The number of nitrogens with one attached hydrogen (secondary N) is 1. The second-order valence-electron chi connectivity index (χ2n) is 6.26. The molecule has 0 fully saturated rings. The van der Waals surface area contributed by atoms with Gasteiger partial charge >= 0.3 is 5.69 Å². The van der Waals surface area contributed by atoms with Crippen molar-refractivity contribution in [3.63, 3.8) is 0 Å². The van der Waals surface area contributed by atoms with E-state index in [0.717, 1.165) is 34.7 Å². The monoisotopic (exact) mass is 354 g/mol. The number of hydrogen-bond donors (Lipinski definition) is 3. The van der Waals surface area contributed by atoms with Gasteiger partial charge in [0.2, 0.25) is 5.88 Å². The van der Waals surface area contributed by atoms with Gasteiger partial charge in [0, 0.05) is 12.0 Å². The number of quaternary nitrogens is 1. The first kappa shape index (κ1) is 16.3. The number of nitrogens with zero attached hydrogens (tertiary/aromatic N) is 1. The molecule has 1 aliphatic heterocycles. The van der Waals surface area contributed by atoms with Crippen LogP contribution in [0.5, 0.6) is 5.88 Å². The van der Waals surface area contributed by atoms with Crippen molar-refractivity contribution in [3.05, 3.63) is 91.9 Å². The average Bonchev–Trinajstić information content (AvgIpc) is 2.61. The van der Waals surface area contributed by atoms with Gasteiger partial charge in [-0.15, -0.1) is 0 Å². The van der Waals surface area contributed by atoms with Crippen LogP contribution >= 0.6 is 0 Å². The molecule has 132 valence electrons. The molecule has 2 heterocycles. The zero-order chi connectivity index (χ0) is 18.3. The number of rotatable bonds is 2. The Labute approximate surface area is 147 Å². The lowest BCUT2D eigenvalue weighted by Crippen LogP contribution is -2.87. The van der Waals surface area contributed by atoms with Crippen molar-refractivity contribution in [3.8, 4) is 11.6 Å². The molecule has 0 aliphatic carbocycles. The van der Waals surface area contributed by atoms with Gasteiger partial charge in [-0.2, -0.15) is 0 Å². The number of halogens is 1. The van der Waals surface area contributed by atoms with Gasteiger partial charge in [0.05, 0.1) is 12.2 Å². The highest BCUT2D eigenvalue weighted by molar-refractivity contribution is 5.43. The van der Waals surface area contributed by atoms with Gasteiger partial charge in [-0.25, -0.2) is 13.8 Å². The third kappa shape index (κ3) is 2.62. The largest absolute Gasteiger partial charge is 0.494 e. The molecule has 0 radical (unpaired) electrons. The van der Waals surface area contributed by atoms with Gasteiger partial charge in [-0.1, -0.05) is 30.3 Å². The highest BCUT2D eigenvalue weighted by atomic mass is 19.1. The number of nitrogens with two attached hydrogens (primary N) is 1. The lowest BCUT2D eigenvalue weighted by atomic mass is 9.90. The molecule has 3 aromatic rings. The highest BCUT2D eigenvalue weighted by Crippen LogP contribution is 2.28. The molecule has 7 heteroatoms. The summed E-state index contributed by atoms with van der Waals surface area (Å²) in [4.78, 5) is 27.0. The normalized spacial score (nSPS) is 16.3. The summed E-state index contributed by atoms with van der Waals surface area (Å²) >= 11 is 0. The Bertz CT molecular complexity index is 1100. The van der Waals surface area contributed by atoms with Crippen LogP contribution in [0.1, 0.15) is 22.7 Å². The molecule has 4 N–H and O–H groups in total. The Balaban J connectivity index is 1.96. The molecule has 1 atom stereocenters. The van der Waals surface area contributed by atoms with Crippen LogP contribution in [-0.2, 0) is 6.42 Å². The van der Waals surface area contributed by atoms with Crippen LogP contribution in [0, 0.1) is 5.82 Å². The molecular formula is C19H17FN3O3+. The Morgan fingerprint density at radius 2 is 1.96 bits per heavy atom. The van der Waals surface area contributed by atoms with E-state index >= 15 is 0 Å². The van der Waals surface area contributed by atoms with Crippen LogP contribution in [0.4, 0.5) is 4.39 Å². The van der Waals surface area contributed by atoms with Crippen molar-refractivity contribution in [2.24, 2.45) is 0 Å². The molecule has 0 spiro atoms. The molecule has 0 bridgehead atoms. The Morgan fingerprint density at radius 1 is 1.15 bits per heavy atom. The van der Waals surface area contributed by atoms with Gasteiger partial charge in [0.25, 0.3) is 5.56 Å². The minimum absolute atomic E-state index is 0.0843. The number of aromatic nitrogens is 2. The Morgan fingerprint density at radius 3 is 2.77 bits per heavy atom. The summed E-state index contributed by atoms with van der Waals surface area (Å²) in [6.07, 6.45) is 0.856. The van der Waals surface area contributed by atoms with E-state index in [2.05, 4.69) is 4.98 Å². The van der Waals surface area contributed by atoms with E-state index in [4.69, 9.17) is 0 Å². The number of H-pyrrole nitrogens is 1. The molecule has 26 heavy (non-hydrogen) atoms. The maximum Gasteiger partial charge on any atom is 0.335 e. The first-order valence-corrected chi connectivity index (χ1v) is 8.31. The van der Waals surface area contributed by atoms with Crippen molar-refractivity contribution < 1.29 is 14.8 Å². The predicted octanol–water partition coefficient (Wildman–Crippen LogP) is 0.579. The quantitative estimate of drug-likeness (QED) is 0.629. The first-order valence-electron chi connectivity index (χ1n) is 8.31. The molecule has 0 unspecified atom stereocenters. The fourth-order valence-corrected chi connectivity index (χ4v) is 3.54. The van der Waals surface area contributed by atoms with E-state index in [0.29, 0.717) is 0 Å². The van der Waals surface area contributed by atoms with E-state index in [1.165, 1.54) is 18.2 Å². The van der Waals surface area contributed by atoms with Gasteiger partial charge in [-0.05, 0) is 23.8 Å². The number of fused-ring (bicyclic) bond motifs is 1. The second-order valence-corrected chi connectivity index (χ2v) is 6.26. The van der Waals surface area contributed by atoms with Crippen molar-refractivity contribution >= 4 is 0 Å². The SMILES string of the molecule is O=c1[nH]c(=O)n(-c2cccc(F)c2)c(O)c1[C@@H]1[NH2+]CCc2ccccc21.